The maximum absolute atomic E-state index is 12.7. The first-order chi connectivity index (χ1) is 15.6. The van der Waals surface area contributed by atoms with E-state index in [1.807, 2.05) is 7.05 Å². The van der Waals surface area contributed by atoms with Gasteiger partial charge in [0.25, 0.3) is 0 Å². The first kappa shape index (κ1) is 23.1. The number of carbonyl (C=O) groups excluding carboxylic acids is 1. The van der Waals surface area contributed by atoms with Crippen LogP contribution in [0, 0.1) is 11.8 Å². The van der Waals surface area contributed by atoms with E-state index >= 15 is 0 Å². The summed E-state index contributed by atoms with van der Waals surface area (Å²) in [7, 11) is 1.81. The summed E-state index contributed by atoms with van der Waals surface area (Å²) < 4.78 is 0. The summed E-state index contributed by atoms with van der Waals surface area (Å²) in [5.74, 6) is 2.33. The van der Waals surface area contributed by atoms with Gasteiger partial charge in [0.2, 0.25) is 5.91 Å². The molecule has 1 aromatic rings. The average molecular weight is 440 g/mol. The number of hydrogen-bond acceptors (Lipinski definition) is 3. The van der Waals surface area contributed by atoms with E-state index in [2.05, 4.69) is 56.6 Å². The number of nitrogens with one attached hydrogen (secondary N) is 2. The summed E-state index contributed by atoms with van der Waals surface area (Å²) in [5, 5.41) is 6.96. The molecule has 0 spiro atoms. The van der Waals surface area contributed by atoms with E-state index in [-0.39, 0.29) is 12.0 Å². The van der Waals surface area contributed by atoms with Gasteiger partial charge in [-0.15, -0.1) is 0 Å². The van der Waals surface area contributed by atoms with Crippen molar-refractivity contribution in [1.82, 2.24) is 20.4 Å². The van der Waals surface area contributed by atoms with Gasteiger partial charge in [-0.25, -0.2) is 0 Å². The maximum atomic E-state index is 12.7. The second-order valence-corrected chi connectivity index (χ2v) is 10.1. The molecule has 0 radical (unpaired) electrons. The Morgan fingerprint density at radius 3 is 2.38 bits per heavy atom. The molecule has 3 aliphatic rings. The smallest absolute Gasteiger partial charge is 0.225 e. The number of aliphatic imine (C=N–C) groups is 1. The first-order valence-electron chi connectivity index (χ1n) is 12.7. The van der Waals surface area contributed by atoms with E-state index in [4.69, 9.17) is 0 Å². The molecule has 0 bridgehead atoms. The van der Waals surface area contributed by atoms with Crippen LogP contribution in [-0.4, -0.2) is 60.9 Å². The summed E-state index contributed by atoms with van der Waals surface area (Å²) >= 11 is 0. The monoisotopic (exact) mass is 439 g/mol. The SMILES string of the molecule is CN=C(NCc1ccc(CN2CCC(C)CC2)cc1)NC1CCN(C(=O)C2CCCC2)C1. The lowest BCUT2D eigenvalue weighted by molar-refractivity contribution is -0.134. The van der Waals surface area contributed by atoms with Crippen LogP contribution in [0.2, 0.25) is 0 Å². The number of rotatable bonds is 6. The molecule has 6 nitrogen and oxygen atoms in total. The van der Waals surface area contributed by atoms with Crippen molar-refractivity contribution in [3.63, 3.8) is 0 Å². The van der Waals surface area contributed by atoms with Crippen LogP contribution in [-0.2, 0) is 17.9 Å². The zero-order chi connectivity index (χ0) is 22.3. The third-order valence-electron chi connectivity index (χ3n) is 7.53. The molecule has 1 atom stereocenters. The van der Waals surface area contributed by atoms with Crippen LogP contribution in [0.4, 0.5) is 0 Å². The molecular formula is C26H41N5O. The topological polar surface area (TPSA) is 60.0 Å². The molecule has 1 unspecified atom stereocenters. The lowest BCUT2D eigenvalue weighted by Gasteiger charge is -2.30. The predicted octanol–water partition coefficient (Wildman–Crippen LogP) is 3.37. The van der Waals surface area contributed by atoms with Gasteiger partial charge in [-0.05, 0) is 62.2 Å². The molecule has 2 heterocycles. The molecule has 1 saturated carbocycles. The van der Waals surface area contributed by atoms with E-state index in [9.17, 15) is 4.79 Å². The highest BCUT2D eigenvalue weighted by atomic mass is 16.2. The van der Waals surface area contributed by atoms with E-state index in [1.165, 1.54) is 49.9 Å². The van der Waals surface area contributed by atoms with Crippen molar-refractivity contribution in [3.05, 3.63) is 35.4 Å². The Morgan fingerprint density at radius 2 is 1.69 bits per heavy atom. The number of amides is 1. The van der Waals surface area contributed by atoms with Gasteiger partial charge in [-0.2, -0.15) is 0 Å². The Morgan fingerprint density at radius 1 is 1.00 bits per heavy atom. The predicted molar refractivity (Wildman–Crippen MR) is 130 cm³/mol. The standard InChI is InChI=1S/C26H41N5O/c1-20-11-14-30(15-12-20)18-22-9-7-21(8-10-22)17-28-26(27-2)29-24-13-16-31(19-24)25(32)23-5-3-4-6-23/h7-10,20,23-24H,3-6,11-19H2,1-2H3,(H2,27,28,29). The van der Waals surface area contributed by atoms with Crippen molar-refractivity contribution in [1.29, 1.82) is 0 Å². The number of piperidine rings is 1. The number of nitrogens with zero attached hydrogens (tertiary/aromatic N) is 3. The van der Waals surface area contributed by atoms with Crippen molar-refractivity contribution in [3.8, 4) is 0 Å². The third kappa shape index (κ3) is 6.25. The number of benzene rings is 1. The number of likely N-dealkylation sites (tertiary alicyclic amines) is 2. The fourth-order valence-electron chi connectivity index (χ4n) is 5.32. The zero-order valence-electron chi connectivity index (χ0n) is 20.0. The Labute approximate surface area is 193 Å². The minimum atomic E-state index is 0.271. The van der Waals surface area contributed by atoms with Crippen LogP contribution < -0.4 is 10.6 Å². The quantitative estimate of drug-likeness (QED) is 0.527. The summed E-state index contributed by atoms with van der Waals surface area (Å²) in [4.78, 5) is 21.7. The van der Waals surface area contributed by atoms with Crippen molar-refractivity contribution >= 4 is 11.9 Å². The fraction of sp³-hybridized carbons (Fsp3) is 0.692. The lowest BCUT2D eigenvalue weighted by atomic mass is 9.99. The average Bonchev–Trinajstić information content (AvgIpc) is 3.51. The summed E-state index contributed by atoms with van der Waals surface area (Å²) in [5.41, 5.74) is 2.65. The largest absolute Gasteiger partial charge is 0.352 e. The van der Waals surface area contributed by atoms with Crippen molar-refractivity contribution < 1.29 is 4.79 Å². The molecule has 176 valence electrons. The first-order valence-corrected chi connectivity index (χ1v) is 12.7. The fourth-order valence-corrected chi connectivity index (χ4v) is 5.32. The Balaban J connectivity index is 1.19. The van der Waals surface area contributed by atoms with Crippen LogP contribution in [0.5, 0.6) is 0 Å². The normalized spacial score (nSPS) is 23.6. The zero-order valence-corrected chi connectivity index (χ0v) is 20.0. The second kappa shape index (κ2) is 11.2. The summed E-state index contributed by atoms with van der Waals surface area (Å²) in [6, 6.07) is 9.24. The number of hydrogen-bond donors (Lipinski definition) is 2. The van der Waals surface area contributed by atoms with Gasteiger partial charge in [0.15, 0.2) is 5.96 Å². The molecule has 3 fully saturated rings. The van der Waals surface area contributed by atoms with Crippen LogP contribution in [0.15, 0.2) is 29.3 Å². The number of carbonyl (C=O) groups is 1. The third-order valence-corrected chi connectivity index (χ3v) is 7.53. The Kier molecular flexibility index (Phi) is 8.06. The molecule has 2 N–H and O–H groups in total. The van der Waals surface area contributed by atoms with E-state index in [0.717, 1.165) is 57.3 Å². The number of guanidine groups is 1. The van der Waals surface area contributed by atoms with E-state index in [0.29, 0.717) is 5.91 Å². The van der Waals surface area contributed by atoms with Crippen LogP contribution in [0.25, 0.3) is 0 Å². The van der Waals surface area contributed by atoms with Gasteiger partial charge in [0.1, 0.15) is 0 Å². The maximum Gasteiger partial charge on any atom is 0.225 e. The van der Waals surface area contributed by atoms with Gasteiger partial charge in [0, 0.05) is 45.2 Å². The molecule has 1 amide bonds. The van der Waals surface area contributed by atoms with Crippen LogP contribution >= 0.6 is 0 Å². The highest BCUT2D eigenvalue weighted by molar-refractivity contribution is 5.81. The lowest BCUT2D eigenvalue weighted by Crippen LogP contribution is -2.45. The van der Waals surface area contributed by atoms with E-state index in [1.54, 1.807) is 0 Å². The summed E-state index contributed by atoms with van der Waals surface area (Å²) in [6.45, 7) is 8.26. The molecule has 1 aliphatic carbocycles. The van der Waals surface area contributed by atoms with Gasteiger partial charge in [0.05, 0.1) is 0 Å². The second-order valence-electron chi connectivity index (χ2n) is 10.1. The van der Waals surface area contributed by atoms with Crippen LogP contribution in [0.1, 0.15) is 63.0 Å². The van der Waals surface area contributed by atoms with Crippen molar-refractivity contribution in [2.75, 3.05) is 33.2 Å². The van der Waals surface area contributed by atoms with Crippen molar-refractivity contribution in [2.45, 2.75) is 71.0 Å². The minimum Gasteiger partial charge on any atom is -0.352 e. The molecule has 32 heavy (non-hydrogen) atoms. The van der Waals surface area contributed by atoms with E-state index < -0.39 is 0 Å². The van der Waals surface area contributed by atoms with Crippen molar-refractivity contribution in [2.24, 2.45) is 16.8 Å². The molecule has 2 saturated heterocycles. The molecular weight excluding hydrogens is 398 g/mol. The Hall–Kier alpha value is -2.08. The molecule has 2 aliphatic heterocycles. The Bertz CT molecular complexity index is 763. The van der Waals surface area contributed by atoms with Gasteiger partial charge >= 0.3 is 0 Å². The molecule has 1 aromatic carbocycles. The summed E-state index contributed by atoms with van der Waals surface area (Å²) in [6.07, 6.45) is 8.20. The van der Waals surface area contributed by atoms with Gasteiger partial charge in [-0.1, -0.05) is 44.0 Å². The molecule has 6 heteroatoms. The molecule has 0 aromatic heterocycles. The highest BCUT2D eigenvalue weighted by Crippen LogP contribution is 2.27. The van der Waals surface area contributed by atoms with Gasteiger partial charge < -0.3 is 15.5 Å². The molecule has 4 rings (SSSR count). The minimum absolute atomic E-state index is 0.271. The van der Waals surface area contributed by atoms with Gasteiger partial charge in [-0.3, -0.25) is 14.7 Å². The highest BCUT2D eigenvalue weighted by Gasteiger charge is 2.32. The van der Waals surface area contributed by atoms with Crippen LogP contribution in [0.3, 0.4) is 0 Å².